The predicted octanol–water partition coefficient (Wildman–Crippen LogP) is 0.728. The first-order chi connectivity index (χ1) is 10.7. The fraction of sp³-hybridized carbons (Fsp3) is 0.571. The fourth-order valence-corrected chi connectivity index (χ4v) is 2.66. The quantitative estimate of drug-likeness (QED) is 0.813. The van der Waals surface area contributed by atoms with Crippen molar-refractivity contribution in [3.05, 3.63) is 29.8 Å². The summed E-state index contributed by atoms with van der Waals surface area (Å²) in [6.07, 6.45) is 4.58. The maximum atomic E-state index is 12.4. The van der Waals surface area contributed by atoms with Gasteiger partial charge in [-0.2, -0.15) is 5.10 Å². The van der Waals surface area contributed by atoms with Crippen LogP contribution in [0.15, 0.2) is 18.5 Å². The van der Waals surface area contributed by atoms with Crippen LogP contribution in [0.5, 0.6) is 0 Å². The first kappa shape index (κ1) is 14.7. The summed E-state index contributed by atoms with van der Waals surface area (Å²) in [5, 5.41) is 12.5. The number of amides is 1. The van der Waals surface area contributed by atoms with Gasteiger partial charge in [-0.3, -0.25) is 9.48 Å². The normalized spacial score (nSPS) is 18.1. The largest absolute Gasteiger partial charge is 0.378 e. The van der Waals surface area contributed by atoms with Crippen molar-refractivity contribution in [2.75, 3.05) is 20.2 Å². The van der Waals surface area contributed by atoms with E-state index in [0.29, 0.717) is 25.4 Å². The first-order valence-electron chi connectivity index (χ1n) is 7.43. The monoisotopic (exact) mass is 304 g/mol. The molecule has 8 nitrogen and oxygen atoms in total. The van der Waals surface area contributed by atoms with Gasteiger partial charge in [0.05, 0.1) is 18.8 Å². The van der Waals surface area contributed by atoms with E-state index >= 15 is 0 Å². The van der Waals surface area contributed by atoms with Crippen molar-refractivity contribution in [2.24, 2.45) is 0 Å². The van der Waals surface area contributed by atoms with E-state index in [-0.39, 0.29) is 11.9 Å². The molecule has 0 spiro atoms. The van der Waals surface area contributed by atoms with Gasteiger partial charge in [-0.05, 0) is 19.4 Å². The number of likely N-dealkylation sites (tertiary alicyclic amines) is 1. The Morgan fingerprint density at radius 2 is 2.36 bits per heavy atom. The van der Waals surface area contributed by atoms with E-state index in [9.17, 15) is 4.79 Å². The molecule has 118 valence electrons. The van der Waals surface area contributed by atoms with Crippen LogP contribution in [-0.4, -0.2) is 55.8 Å². The zero-order valence-electron chi connectivity index (χ0n) is 12.8. The Labute approximate surface area is 128 Å². The average molecular weight is 304 g/mol. The lowest BCUT2D eigenvalue weighted by Gasteiger charge is -2.15. The average Bonchev–Trinajstić information content (AvgIpc) is 3.26. The molecule has 22 heavy (non-hydrogen) atoms. The molecule has 1 aliphatic heterocycles. The van der Waals surface area contributed by atoms with Gasteiger partial charge >= 0.3 is 0 Å². The minimum absolute atomic E-state index is 0.0214. The van der Waals surface area contributed by atoms with Crippen molar-refractivity contribution in [3.63, 3.8) is 0 Å². The van der Waals surface area contributed by atoms with E-state index in [1.54, 1.807) is 17.9 Å². The standard InChI is InChI=1S/C14H20N6O2/c1-3-19-7-5-13(16-19)14(21)18-6-4-12(9-18)20-8-11(10-22-2)15-17-20/h5,7-8,12H,3-4,6,9-10H2,1-2H3. The lowest BCUT2D eigenvalue weighted by molar-refractivity contribution is 0.0780. The number of hydrogen-bond donors (Lipinski definition) is 0. The van der Waals surface area contributed by atoms with Gasteiger partial charge in [0.2, 0.25) is 0 Å². The topological polar surface area (TPSA) is 78.1 Å². The first-order valence-corrected chi connectivity index (χ1v) is 7.43. The predicted molar refractivity (Wildman–Crippen MR) is 78.2 cm³/mol. The Balaban J connectivity index is 1.64. The lowest BCUT2D eigenvalue weighted by Crippen LogP contribution is -2.29. The van der Waals surface area contributed by atoms with E-state index in [0.717, 1.165) is 18.7 Å². The van der Waals surface area contributed by atoms with Crippen LogP contribution in [-0.2, 0) is 17.9 Å². The molecular formula is C14H20N6O2. The van der Waals surface area contributed by atoms with E-state index < -0.39 is 0 Å². The molecule has 0 bridgehead atoms. The summed E-state index contributed by atoms with van der Waals surface area (Å²) in [7, 11) is 1.63. The number of carbonyl (C=O) groups excluding carboxylic acids is 1. The maximum Gasteiger partial charge on any atom is 0.274 e. The van der Waals surface area contributed by atoms with E-state index in [4.69, 9.17) is 4.74 Å². The molecule has 0 saturated carbocycles. The zero-order valence-corrected chi connectivity index (χ0v) is 12.8. The lowest BCUT2D eigenvalue weighted by atomic mass is 10.3. The maximum absolute atomic E-state index is 12.4. The minimum Gasteiger partial charge on any atom is -0.378 e. The highest BCUT2D eigenvalue weighted by molar-refractivity contribution is 5.92. The fourth-order valence-electron chi connectivity index (χ4n) is 2.66. The molecule has 1 fully saturated rings. The third-order valence-electron chi connectivity index (χ3n) is 3.86. The van der Waals surface area contributed by atoms with Gasteiger partial charge < -0.3 is 9.64 Å². The number of hydrogen-bond acceptors (Lipinski definition) is 5. The van der Waals surface area contributed by atoms with Gasteiger partial charge in [-0.15, -0.1) is 5.10 Å². The summed E-state index contributed by atoms with van der Waals surface area (Å²) >= 11 is 0. The molecule has 0 aromatic carbocycles. The number of ether oxygens (including phenoxy) is 1. The SMILES string of the molecule is CCn1ccc(C(=O)N2CCC(n3cc(COC)nn3)C2)n1. The van der Waals surface area contributed by atoms with Crippen LogP contribution in [0.25, 0.3) is 0 Å². The van der Waals surface area contributed by atoms with Crippen LogP contribution in [0, 0.1) is 0 Å². The summed E-state index contributed by atoms with van der Waals surface area (Å²) in [4.78, 5) is 14.3. The molecule has 2 aromatic rings. The van der Waals surface area contributed by atoms with E-state index in [1.807, 2.05) is 28.9 Å². The second-order valence-corrected chi connectivity index (χ2v) is 5.37. The Hall–Kier alpha value is -2.22. The molecule has 1 atom stereocenters. The number of methoxy groups -OCH3 is 1. The number of aryl methyl sites for hydroxylation is 1. The summed E-state index contributed by atoms with van der Waals surface area (Å²) < 4.78 is 8.63. The van der Waals surface area contributed by atoms with Crippen LogP contribution < -0.4 is 0 Å². The highest BCUT2D eigenvalue weighted by Gasteiger charge is 2.29. The summed E-state index contributed by atoms with van der Waals surface area (Å²) in [6.45, 7) is 4.55. The van der Waals surface area contributed by atoms with Crippen molar-refractivity contribution < 1.29 is 9.53 Å². The van der Waals surface area contributed by atoms with Gasteiger partial charge in [0.25, 0.3) is 5.91 Å². The molecule has 1 amide bonds. The second kappa shape index (κ2) is 6.27. The molecule has 0 radical (unpaired) electrons. The Bertz CT molecular complexity index is 649. The van der Waals surface area contributed by atoms with E-state index in [1.165, 1.54) is 0 Å². The molecule has 0 aliphatic carbocycles. The summed E-state index contributed by atoms with van der Waals surface area (Å²) in [5.74, 6) is -0.0214. The highest BCUT2D eigenvalue weighted by atomic mass is 16.5. The molecule has 1 unspecified atom stereocenters. The van der Waals surface area contributed by atoms with Gasteiger partial charge in [0, 0.05) is 32.9 Å². The molecule has 1 saturated heterocycles. The highest BCUT2D eigenvalue weighted by Crippen LogP contribution is 2.22. The van der Waals surface area contributed by atoms with Crippen LogP contribution in [0.4, 0.5) is 0 Å². The third-order valence-corrected chi connectivity index (χ3v) is 3.86. The van der Waals surface area contributed by atoms with Gasteiger partial charge in [0.15, 0.2) is 0 Å². The van der Waals surface area contributed by atoms with Crippen molar-refractivity contribution in [1.29, 1.82) is 0 Å². The molecular weight excluding hydrogens is 284 g/mol. The van der Waals surface area contributed by atoms with Crippen LogP contribution >= 0.6 is 0 Å². The van der Waals surface area contributed by atoms with Crippen molar-refractivity contribution in [2.45, 2.75) is 32.5 Å². The smallest absolute Gasteiger partial charge is 0.274 e. The van der Waals surface area contributed by atoms with E-state index in [2.05, 4.69) is 15.4 Å². The zero-order chi connectivity index (χ0) is 15.5. The van der Waals surface area contributed by atoms with Crippen LogP contribution in [0.1, 0.15) is 35.6 Å². The number of carbonyl (C=O) groups is 1. The molecule has 0 N–H and O–H groups in total. The Morgan fingerprint density at radius 3 is 3.09 bits per heavy atom. The summed E-state index contributed by atoms with van der Waals surface area (Å²) in [5.41, 5.74) is 1.30. The van der Waals surface area contributed by atoms with Gasteiger partial charge in [0.1, 0.15) is 11.4 Å². The number of aromatic nitrogens is 5. The number of rotatable bonds is 5. The van der Waals surface area contributed by atoms with Crippen LogP contribution in [0.2, 0.25) is 0 Å². The van der Waals surface area contributed by atoms with Gasteiger partial charge in [-0.25, -0.2) is 4.68 Å². The van der Waals surface area contributed by atoms with Crippen LogP contribution in [0.3, 0.4) is 0 Å². The third kappa shape index (κ3) is 2.87. The van der Waals surface area contributed by atoms with Crippen molar-refractivity contribution >= 4 is 5.91 Å². The second-order valence-electron chi connectivity index (χ2n) is 5.37. The van der Waals surface area contributed by atoms with Crippen molar-refractivity contribution in [1.82, 2.24) is 29.7 Å². The molecule has 3 heterocycles. The number of nitrogens with zero attached hydrogens (tertiary/aromatic N) is 6. The Kier molecular flexibility index (Phi) is 4.19. The molecule has 2 aromatic heterocycles. The molecule has 8 heteroatoms. The van der Waals surface area contributed by atoms with Gasteiger partial charge in [-0.1, -0.05) is 5.21 Å². The minimum atomic E-state index is -0.0214. The Morgan fingerprint density at radius 1 is 1.50 bits per heavy atom. The molecule has 3 rings (SSSR count). The summed E-state index contributed by atoms with van der Waals surface area (Å²) in [6, 6.07) is 1.93. The molecule has 1 aliphatic rings. The van der Waals surface area contributed by atoms with Crippen molar-refractivity contribution in [3.8, 4) is 0 Å².